The van der Waals surface area contributed by atoms with Gasteiger partial charge >= 0.3 is 0 Å². The third kappa shape index (κ3) is 5.23. The fourth-order valence-electron chi connectivity index (χ4n) is 2.07. The van der Waals surface area contributed by atoms with Crippen LogP contribution in [0.1, 0.15) is 51.8 Å². The van der Waals surface area contributed by atoms with E-state index in [0.717, 1.165) is 18.7 Å². The van der Waals surface area contributed by atoms with Crippen LogP contribution in [0.15, 0.2) is 5.16 Å². The van der Waals surface area contributed by atoms with Crippen molar-refractivity contribution in [2.45, 2.75) is 63.7 Å². The number of amides is 2. The molecule has 0 radical (unpaired) electrons. The van der Waals surface area contributed by atoms with E-state index in [1.54, 1.807) is 0 Å². The predicted octanol–water partition coefficient (Wildman–Crippen LogP) is 1.28. The lowest BCUT2D eigenvalue weighted by molar-refractivity contribution is -0.119. The summed E-state index contributed by atoms with van der Waals surface area (Å²) in [4.78, 5) is 23.0. The zero-order valence-corrected chi connectivity index (χ0v) is 14.7. The van der Waals surface area contributed by atoms with Gasteiger partial charge in [-0.3, -0.25) is 9.59 Å². The van der Waals surface area contributed by atoms with E-state index in [2.05, 4.69) is 29.4 Å². The van der Waals surface area contributed by atoms with Crippen molar-refractivity contribution in [1.82, 2.24) is 20.1 Å². The number of thioether (sulfide) groups is 1. The quantitative estimate of drug-likeness (QED) is 0.660. The maximum atomic E-state index is 12.0. The lowest BCUT2D eigenvalue weighted by atomic mass is 10.1. The van der Waals surface area contributed by atoms with Gasteiger partial charge in [-0.25, -0.2) is 0 Å². The van der Waals surface area contributed by atoms with Crippen LogP contribution in [-0.2, 0) is 16.1 Å². The van der Waals surface area contributed by atoms with Crippen LogP contribution in [0, 0.1) is 5.92 Å². The molecule has 1 aliphatic rings. The zero-order chi connectivity index (χ0) is 17.0. The SMILES string of the molecule is CC(C)[C@H](C)NC(=O)CSc1nnc(C2CC2)n1CCC(N)=O. The molecule has 0 saturated heterocycles. The minimum Gasteiger partial charge on any atom is -0.370 e. The van der Waals surface area contributed by atoms with E-state index in [4.69, 9.17) is 5.73 Å². The topological polar surface area (TPSA) is 103 Å². The highest BCUT2D eigenvalue weighted by atomic mass is 32.2. The van der Waals surface area contributed by atoms with Crippen LogP contribution in [0.4, 0.5) is 0 Å². The van der Waals surface area contributed by atoms with Crippen LogP contribution < -0.4 is 11.1 Å². The van der Waals surface area contributed by atoms with Gasteiger partial charge in [0.25, 0.3) is 0 Å². The van der Waals surface area contributed by atoms with E-state index >= 15 is 0 Å². The second kappa shape index (κ2) is 7.81. The number of rotatable bonds is 9. The summed E-state index contributed by atoms with van der Waals surface area (Å²) in [5.74, 6) is 1.65. The Morgan fingerprint density at radius 2 is 2.04 bits per heavy atom. The summed E-state index contributed by atoms with van der Waals surface area (Å²) in [6.45, 7) is 6.61. The molecule has 2 amide bonds. The van der Waals surface area contributed by atoms with E-state index in [-0.39, 0.29) is 30.0 Å². The fourth-order valence-corrected chi connectivity index (χ4v) is 2.86. The fraction of sp³-hybridized carbons (Fsp3) is 0.733. The molecule has 0 unspecified atom stereocenters. The first-order chi connectivity index (χ1) is 10.9. The molecule has 1 fully saturated rings. The number of hydrogen-bond donors (Lipinski definition) is 2. The molecule has 8 heteroatoms. The Bertz CT molecular complexity index is 568. The van der Waals surface area contributed by atoms with E-state index < -0.39 is 0 Å². The summed E-state index contributed by atoms with van der Waals surface area (Å²) in [6.07, 6.45) is 2.46. The van der Waals surface area contributed by atoms with Gasteiger partial charge in [-0.1, -0.05) is 25.6 Å². The average molecular weight is 339 g/mol. The van der Waals surface area contributed by atoms with Crippen LogP contribution in [0.3, 0.4) is 0 Å². The largest absolute Gasteiger partial charge is 0.370 e. The van der Waals surface area contributed by atoms with Gasteiger partial charge in [0, 0.05) is 24.9 Å². The zero-order valence-electron chi connectivity index (χ0n) is 13.9. The van der Waals surface area contributed by atoms with Gasteiger partial charge in [0.15, 0.2) is 5.16 Å². The molecule has 1 heterocycles. The van der Waals surface area contributed by atoms with Crippen molar-refractivity contribution in [2.24, 2.45) is 11.7 Å². The van der Waals surface area contributed by atoms with Gasteiger partial charge < -0.3 is 15.6 Å². The molecule has 1 aromatic rings. The molecule has 7 nitrogen and oxygen atoms in total. The van der Waals surface area contributed by atoms with Crippen molar-refractivity contribution in [3.05, 3.63) is 5.82 Å². The summed E-state index contributed by atoms with van der Waals surface area (Å²) in [5.41, 5.74) is 5.24. The third-order valence-electron chi connectivity index (χ3n) is 3.99. The minimum atomic E-state index is -0.347. The summed E-state index contributed by atoms with van der Waals surface area (Å²) < 4.78 is 1.94. The molecule has 1 saturated carbocycles. The van der Waals surface area contributed by atoms with E-state index in [1.165, 1.54) is 11.8 Å². The van der Waals surface area contributed by atoms with Crippen molar-refractivity contribution >= 4 is 23.6 Å². The Morgan fingerprint density at radius 3 is 2.61 bits per heavy atom. The molecule has 0 spiro atoms. The highest BCUT2D eigenvalue weighted by molar-refractivity contribution is 7.99. The number of nitrogens with one attached hydrogen (secondary N) is 1. The molecule has 0 bridgehead atoms. The summed E-state index contributed by atoms with van der Waals surface area (Å²) in [6, 6.07) is 0.137. The van der Waals surface area contributed by atoms with Gasteiger partial charge in [0.2, 0.25) is 11.8 Å². The Hall–Kier alpha value is -1.57. The summed E-state index contributed by atoms with van der Waals surface area (Å²) >= 11 is 1.35. The summed E-state index contributed by atoms with van der Waals surface area (Å²) in [7, 11) is 0. The Morgan fingerprint density at radius 1 is 1.35 bits per heavy atom. The standard InChI is InChI=1S/C15H25N5O2S/c1-9(2)10(3)17-13(22)8-23-15-19-18-14(11-4-5-11)20(15)7-6-12(16)21/h9-11H,4-8H2,1-3H3,(H2,16,21)(H,17,22)/t10-/m0/s1. The average Bonchev–Trinajstić information content (AvgIpc) is 3.23. The van der Waals surface area contributed by atoms with Crippen molar-refractivity contribution in [3.63, 3.8) is 0 Å². The summed E-state index contributed by atoms with van der Waals surface area (Å²) in [5, 5.41) is 12.1. The monoisotopic (exact) mass is 339 g/mol. The van der Waals surface area contributed by atoms with Crippen molar-refractivity contribution in [2.75, 3.05) is 5.75 Å². The lowest BCUT2D eigenvalue weighted by Gasteiger charge is -2.17. The molecular weight excluding hydrogens is 314 g/mol. The lowest BCUT2D eigenvalue weighted by Crippen LogP contribution is -2.37. The second-order valence-corrected chi connectivity index (χ2v) is 7.31. The Balaban J connectivity index is 1.96. The number of nitrogens with zero attached hydrogens (tertiary/aromatic N) is 3. The highest BCUT2D eigenvalue weighted by Crippen LogP contribution is 2.40. The van der Waals surface area contributed by atoms with E-state index in [1.807, 2.05) is 11.5 Å². The number of aromatic nitrogens is 3. The second-order valence-electron chi connectivity index (χ2n) is 6.37. The number of hydrogen-bond acceptors (Lipinski definition) is 5. The molecule has 1 aliphatic carbocycles. The molecule has 128 valence electrons. The van der Waals surface area contributed by atoms with Crippen molar-refractivity contribution in [1.29, 1.82) is 0 Å². The normalized spacial score (nSPS) is 15.7. The van der Waals surface area contributed by atoms with Crippen LogP contribution >= 0.6 is 11.8 Å². The van der Waals surface area contributed by atoms with Gasteiger partial charge in [-0.15, -0.1) is 10.2 Å². The Labute approximate surface area is 140 Å². The Kier molecular flexibility index (Phi) is 6.04. The first kappa shape index (κ1) is 17.8. The first-order valence-corrected chi connectivity index (χ1v) is 9.00. The molecule has 1 atom stereocenters. The first-order valence-electron chi connectivity index (χ1n) is 8.02. The molecule has 0 aromatic carbocycles. The third-order valence-corrected chi connectivity index (χ3v) is 4.96. The van der Waals surface area contributed by atoms with Crippen molar-refractivity contribution < 1.29 is 9.59 Å². The van der Waals surface area contributed by atoms with Gasteiger partial charge in [0.1, 0.15) is 5.82 Å². The van der Waals surface area contributed by atoms with Gasteiger partial charge in [0.05, 0.1) is 5.75 Å². The molecule has 0 aliphatic heterocycles. The van der Waals surface area contributed by atoms with E-state index in [0.29, 0.717) is 23.5 Å². The number of nitrogens with two attached hydrogens (primary N) is 1. The molecular formula is C15H25N5O2S. The smallest absolute Gasteiger partial charge is 0.230 e. The van der Waals surface area contributed by atoms with Crippen LogP contribution in [0.2, 0.25) is 0 Å². The molecule has 1 aromatic heterocycles. The van der Waals surface area contributed by atoms with Gasteiger partial charge in [-0.05, 0) is 25.7 Å². The number of carbonyl (C=O) groups is 2. The maximum Gasteiger partial charge on any atom is 0.230 e. The number of primary amides is 1. The predicted molar refractivity (Wildman–Crippen MR) is 89.0 cm³/mol. The highest BCUT2D eigenvalue weighted by Gasteiger charge is 2.30. The van der Waals surface area contributed by atoms with Crippen molar-refractivity contribution in [3.8, 4) is 0 Å². The van der Waals surface area contributed by atoms with Crippen LogP contribution in [0.5, 0.6) is 0 Å². The van der Waals surface area contributed by atoms with Crippen LogP contribution in [0.25, 0.3) is 0 Å². The van der Waals surface area contributed by atoms with Crippen LogP contribution in [-0.4, -0.2) is 38.4 Å². The number of carbonyl (C=O) groups excluding carboxylic acids is 2. The molecule has 23 heavy (non-hydrogen) atoms. The minimum absolute atomic E-state index is 0.0198. The van der Waals surface area contributed by atoms with Gasteiger partial charge in [-0.2, -0.15) is 0 Å². The van der Waals surface area contributed by atoms with E-state index in [9.17, 15) is 9.59 Å². The molecule has 2 rings (SSSR count). The molecule has 3 N–H and O–H groups in total. The maximum absolute atomic E-state index is 12.0.